The number of nitrogens with one attached hydrogen (secondary N) is 1. The Kier molecular flexibility index (Phi) is 6.42. The topological polar surface area (TPSA) is 92.5 Å². The average molecular weight is 305 g/mol. The number of nitrogens with two attached hydrogens (primary N) is 1. The van der Waals surface area contributed by atoms with Gasteiger partial charge in [-0.05, 0) is 32.1 Å². The van der Waals surface area contributed by atoms with Gasteiger partial charge in [0.2, 0.25) is 15.9 Å². The van der Waals surface area contributed by atoms with Crippen molar-refractivity contribution in [3.8, 4) is 0 Å². The molecule has 118 valence electrons. The third kappa shape index (κ3) is 5.03. The Balaban J connectivity index is 2.41. The van der Waals surface area contributed by atoms with E-state index in [1.54, 1.807) is 6.92 Å². The molecule has 0 unspecified atom stereocenters. The fourth-order valence-electron chi connectivity index (χ4n) is 2.38. The second-order valence-electron chi connectivity index (χ2n) is 5.82. The van der Waals surface area contributed by atoms with Crippen molar-refractivity contribution in [3.63, 3.8) is 0 Å². The minimum atomic E-state index is -3.11. The number of rotatable bonds is 6. The molecule has 0 aromatic rings. The van der Waals surface area contributed by atoms with E-state index < -0.39 is 16.1 Å². The Morgan fingerprint density at radius 2 is 1.90 bits per heavy atom. The molecule has 1 aliphatic rings. The lowest BCUT2D eigenvalue weighted by molar-refractivity contribution is -0.123. The number of piperidine rings is 1. The molecule has 0 aromatic heterocycles. The molecule has 0 saturated carbocycles. The summed E-state index contributed by atoms with van der Waals surface area (Å²) in [6, 6.07) is -0.448. The molecule has 0 radical (unpaired) electrons. The smallest absolute Gasteiger partial charge is 0.237 e. The molecule has 1 aliphatic heterocycles. The van der Waals surface area contributed by atoms with Gasteiger partial charge in [-0.15, -0.1) is 0 Å². The van der Waals surface area contributed by atoms with Crippen molar-refractivity contribution in [2.24, 2.45) is 11.7 Å². The predicted octanol–water partition coefficient (Wildman–Crippen LogP) is 0.290. The van der Waals surface area contributed by atoms with Crippen molar-refractivity contribution in [3.05, 3.63) is 0 Å². The van der Waals surface area contributed by atoms with E-state index in [9.17, 15) is 13.2 Å². The molecular formula is C13H27N3O3S. The van der Waals surface area contributed by atoms with Gasteiger partial charge in [0.05, 0.1) is 11.8 Å². The Hall–Kier alpha value is -0.660. The van der Waals surface area contributed by atoms with Crippen LogP contribution in [-0.4, -0.2) is 49.6 Å². The normalized spacial score (nSPS) is 20.1. The number of carbonyl (C=O) groups excluding carboxylic acids is 1. The largest absolute Gasteiger partial charge is 0.352 e. The fraction of sp³-hybridized carbons (Fsp3) is 0.923. The van der Waals surface area contributed by atoms with E-state index in [1.807, 2.05) is 13.8 Å². The van der Waals surface area contributed by atoms with Gasteiger partial charge < -0.3 is 11.1 Å². The van der Waals surface area contributed by atoms with Crippen molar-refractivity contribution in [1.82, 2.24) is 9.62 Å². The van der Waals surface area contributed by atoms with E-state index in [0.29, 0.717) is 38.3 Å². The third-order valence-electron chi connectivity index (χ3n) is 3.62. The highest BCUT2D eigenvalue weighted by molar-refractivity contribution is 7.89. The molecule has 0 spiro atoms. The minimum absolute atomic E-state index is 0.0315. The number of hydrogen-bond acceptors (Lipinski definition) is 4. The zero-order valence-electron chi connectivity index (χ0n) is 12.6. The molecule has 6 nitrogen and oxygen atoms in total. The molecule has 1 atom stereocenters. The molecule has 1 rings (SSSR count). The summed E-state index contributed by atoms with van der Waals surface area (Å²) in [7, 11) is -3.11. The Morgan fingerprint density at radius 3 is 2.35 bits per heavy atom. The quantitative estimate of drug-likeness (QED) is 0.737. The Labute approximate surface area is 122 Å². The highest BCUT2D eigenvalue weighted by Gasteiger charge is 2.28. The van der Waals surface area contributed by atoms with Gasteiger partial charge in [0.15, 0.2) is 0 Å². The maximum absolute atomic E-state index is 11.9. The van der Waals surface area contributed by atoms with Gasteiger partial charge in [0.1, 0.15) is 0 Å². The first kappa shape index (κ1) is 17.4. The van der Waals surface area contributed by atoms with Gasteiger partial charge in [-0.3, -0.25) is 4.79 Å². The monoisotopic (exact) mass is 305 g/mol. The van der Waals surface area contributed by atoms with Crippen LogP contribution in [-0.2, 0) is 14.8 Å². The molecule has 1 fully saturated rings. The number of nitrogens with zero attached hydrogens (tertiary/aromatic N) is 1. The maximum Gasteiger partial charge on any atom is 0.237 e. The summed E-state index contributed by atoms with van der Waals surface area (Å²) < 4.78 is 25.0. The first-order valence-corrected chi connectivity index (χ1v) is 8.91. The van der Waals surface area contributed by atoms with E-state index >= 15 is 0 Å². The summed E-state index contributed by atoms with van der Waals surface area (Å²) in [5.74, 6) is 0.381. The van der Waals surface area contributed by atoms with Gasteiger partial charge in [0, 0.05) is 19.1 Å². The molecule has 1 heterocycles. The van der Waals surface area contributed by atoms with Crippen LogP contribution in [0.3, 0.4) is 0 Å². The van der Waals surface area contributed by atoms with Crippen LogP contribution in [0.25, 0.3) is 0 Å². The lowest BCUT2D eigenvalue weighted by Crippen LogP contribution is -2.50. The molecule has 20 heavy (non-hydrogen) atoms. The molecule has 3 N–H and O–H groups in total. The van der Waals surface area contributed by atoms with Crippen LogP contribution in [0.15, 0.2) is 0 Å². The molecule has 1 saturated heterocycles. The number of sulfonamides is 1. The second kappa shape index (κ2) is 7.38. The maximum atomic E-state index is 11.9. The molecule has 1 amide bonds. The van der Waals surface area contributed by atoms with Crippen molar-refractivity contribution in [2.75, 3.05) is 18.8 Å². The van der Waals surface area contributed by atoms with Gasteiger partial charge >= 0.3 is 0 Å². The Morgan fingerprint density at radius 1 is 1.35 bits per heavy atom. The van der Waals surface area contributed by atoms with Gasteiger partial charge in [-0.25, -0.2) is 12.7 Å². The zero-order chi connectivity index (χ0) is 15.3. The number of amides is 1. The molecule has 0 aromatic carbocycles. The van der Waals surface area contributed by atoms with E-state index in [2.05, 4.69) is 5.32 Å². The Bertz CT molecular complexity index is 415. The number of hydrogen-bond donors (Lipinski definition) is 2. The highest BCUT2D eigenvalue weighted by Crippen LogP contribution is 2.14. The summed E-state index contributed by atoms with van der Waals surface area (Å²) in [4.78, 5) is 11.9. The highest BCUT2D eigenvalue weighted by atomic mass is 32.2. The zero-order valence-corrected chi connectivity index (χ0v) is 13.4. The van der Waals surface area contributed by atoms with Crippen LogP contribution in [0.1, 0.15) is 40.0 Å². The van der Waals surface area contributed by atoms with E-state index in [4.69, 9.17) is 5.73 Å². The van der Waals surface area contributed by atoms with E-state index in [1.165, 1.54) is 4.31 Å². The summed E-state index contributed by atoms with van der Waals surface area (Å²) >= 11 is 0. The lowest BCUT2D eigenvalue weighted by Gasteiger charge is -2.32. The van der Waals surface area contributed by atoms with Crippen LogP contribution in [0.4, 0.5) is 0 Å². The first-order valence-electron chi connectivity index (χ1n) is 7.30. The van der Waals surface area contributed by atoms with E-state index in [-0.39, 0.29) is 17.7 Å². The summed E-state index contributed by atoms with van der Waals surface area (Å²) in [6.07, 6.45) is 1.97. The van der Waals surface area contributed by atoms with Gasteiger partial charge in [0.25, 0.3) is 0 Å². The van der Waals surface area contributed by atoms with Crippen LogP contribution in [0.2, 0.25) is 0 Å². The second-order valence-corrected chi connectivity index (χ2v) is 8.08. The van der Waals surface area contributed by atoms with Crippen LogP contribution in [0, 0.1) is 5.92 Å². The average Bonchev–Trinajstić information content (AvgIpc) is 2.38. The molecule has 7 heteroatoms. The minimum Gasteiger partial charge on any atom is -0.352 e. The summed E-state index contributed by atoms with van der Waals surface area (Å²) in [5, 5.41) is 2.93. The third-order valence-corrected chi connectivity index (χ3v) is 5.50. The van der Waals surface area contributed by atoms with Gasteiger partial charge in [-0.2, -0.15) is 0 Å². The fourth-order valence-corrected chi connectivity index (χ4v) is 3.52. The molecular weight excluding hydrogens is 278 g/mol. The van der Waals surface area contributed by atoms with Gasteiger partial charge in [-0.1, -0.05) is 13.8 Å². The van der Waals surface area contributed by atoms with Crippen molar-refractivity contribution >= 4 is 15.9 Å². The summed E-state index contributed by atoms with van der Waals surface area (Å²) in [5.41, 5.74) is 5.84. The van der Waals surface area contributed by atoms with Crippen molar-refractivity contribution in [1.29, 1.82) is 0 Å². The summed E-state index contributed by atoms with van der Waals surface area (Å²) in [6.45, 7) is 6.65. The SMILES string of the molecule is CCS(=O)(=O)N1CCC(NC(=O)[C@@H](N)CC(C)C)CC1. The van der Waals surface area contributed by atoms with Crippen LogP contribution < -0.4 is 11.1 Å². The van der Waals surface area contributed by atoms with Crippen LogP contribution >= 0.6 is 0 Å². The van der Waals surface area contributed by atoms with E-state index in [0.717, 1.165) is 0 Å². The molecule has 0 aliphatic carbocycles. The molecule has 0 bridgehead atoms. The van der Waals surface area contributed by atoms with Crippen molar-refractivity contribution in [2.45, 2.75) is 52.1 Å². The lowest BCUT2D eigenvalue weighted by atomic mass is 10.0. The predicted molar refractivity (Wildman–Crippen MR) is 79.6 cm³/mol. The first-order chi connectivity index (χ1) is 9.26. The standard InChI is InChI=1S/C13H27N3O3S/c1-4-20(18,19)16-7-5-11(6-8-16)15-13(17)12(14)9-10(2)3/h10-12H,4-9,14H2,1-3H3,(H,15,17)/t12-/m0/s1. The number of carbonyl (C=O) groups is 1. The van der Waals surface area contributed by atoms with Crippen molar-refractivity contribution < 1.29 is 13.2 Å². The van der Waals surface area contributed by atoms with Crippen LogP contribution in [0.5, 0.6) is 0 Å².